The fourth-order valence-corrected chi connectivity index (χ4v) is 7.31. The Balaban J connectivity index is 1.59. The predicted octanol–water partition coefficient (Wildman–Crippen LogP) is 8.45. The molecule has 0 amide bonds. The van der Waals surface area contributed by atoms with Crippen molar-refractivity contribution in [2.75, 3.05) is 24.5 Å². The van der Waals surface area contributed by atoms with E-state index in [-0.39, 0.29) is 5.41 Å². The van der Waals surface area contributed by atoms with E-state index in [0.29, 0.717) is 11.3 Å². The van der Waals surface area contributed by atoms with Crippen LogP contribution in [-0.2, 0) is 29.0 Å². The minimum Gasteiger partial charge on any atom is -0.479 e. The van der Waals surface area contributed by atoms with Gasteiger partial charge in [-0.25, -0.2) is 4.79 Å². The van der Waals surface area contributed by atoms with Crippen LogP contribution in [-0.4, -0.2) is 46.2 Å². The van der Waals surface area contributed by atoms with Gasteiger partial charge in [-0.05, 0) is 100 Å². The van der Waals surface area contributed by atoms with Crippen LogP contribution < -0.4 is 4.90 Å². The monoisotopic (exact) mass is 617 g/mol. The quantitative estimate of drug-likeness (QED) is 0.287. The van der Waals surface area contributed by atoms with E-state index in [1.165, 1.54) is 22.3 Å². The number of hydrogen-bond acceptors (Lipinski definition) is 5. The number of carbonyl (C=O) groups is 1. The molecular weight excluding hydrogens is 570 g/mol. The van der Waals surface area contributed by atoms with Crippen molar-refractivity contribution in [3.05, 3.63) is 80.6 Å². The molecule has 1 N–H and O–H groups in total. The number of anilines is 1. The maximum absolute atomic E-state index is 12.8. The molecule has 44 heavy (non-hydrogen) atoms. The van der Waals surface area contributed by atoms with Crippen LogP contribution in [0.3, 0.4) is 0 Å². The second kappa shape index (κ2) is 12.5. The molecule has 3 heterocycles. The first-order valence-electron chi connectivity index (χ1n) is 15.9. The minimum absolute atomic E-state index is 0.112. The summed E-state index contributed by atoms with van der Waals surface area (Å²) in [5.41, 5.74) is 9.91. The Labute approximate surface area is 268 Å². The molecular formula is C37H48ClN3O3. The summed E-state index contributed by atoms with van der Waals surface area (Å²) in [6, 6.07) is 12.9. The van der Waals surface area contributed by atoms with Gasteiger partial charge in [-0.15, -0.1) is 0 Å². The summed E-state index contributed by atoms with van der Waals surface area (Å²) >= 11 is 6.57. The molecule has 0 aliphatic carbocycles. The number of halogens is 1. The molecule has 5 rings (SSSR count). The molecule has 0 bridgehead atoms. The molecule has 2 aromatic carbocycles. The zero-order chi connectivity index (χ0) is 32.0. The summed E-state index contributed by atoms with van der Waals surface area (Å²) in [6.07, 6.45) is 2.01. The summed E-state index contributed by atoms with van der Waals surface area (Å²) in [5.74, 6) is -0.989. The standard InChI is InChI=1S/C37H48ClN3O3/c1-23-11-9-12-30(38)29(23)21-40-18-15-26-19-27(13-14-28(26)20-40)31-24(2)39-25(3)32(34(35(42)43)44-36(4,5)6)33(31)41-17-10-16-37(7,8)22-41/h9,11-14,19,34H,10,15-18,20-22H2,1-8H3,(H,42,43)/t34-/m0/s1. The highest BCUT2D eigenvalue weighted by atomic mass is 35.5. The maximum atomic E-state index is 12.8. The number of pyridine rings is 1. The number of rotatable bonds is 7. The van der Waals surface area contributed by atoms with E-state index in [0.717, 1.165) is 79.5 Å². The Kier molecular flexibility index (Phi) is 9.19. The Bertz CT molecular complexity index is 1540. The molecule has 0 spiro atoms. The van der Waals surface area contributed by atoms with E-state index in [1.54, 1.807) is 0 Å². The van der Waals surface area contributed by atoms with Gasteiger partial charge in [-0.1, -0.05) is 55.8 Å². The molecule has 1 aromatic heterocycles. The van der Waals surface area contributed by atoms with Crippen LogP contribution in [0.5, 0.6) is 0 Å². The molecule has 7 heteroatoms. The number of benzene rings is 2. The molecule has 0 saturated carbocycles. The van der Waals surface area contributed by atoms with E-state index in [9.17, 15) is 9.90 Å². The third-order valence-electron chi connectivity index (χ3n) is 9.07. The Morgan fingerprint density at radius 3 is 2.50 bits per heavy atom. The van der Waals surface area contributed by atoms with Crippen molar-refractivity contribution in [1.82, 2.24) is 9.88 Å². The molecule has 3 aromatic rings. The first-order valence-corrected chi connectivity index (χ1v) is 16.3. The van der Waals surface area contributed by atoms with Gasteiger partial charge in [0.2, 0.25) is 0 Å². The number of aromatic nitrogens is 1. The minimum atomic E-state index is -1.12. The predicted molar refractivity (Wildman–Crippen MR) is 180 cm³/mol. The summed E-state index contributed by atoms with van der Waals surface area (Å²) in [6.45, 7) is 20.8. The number of aryl methyl sites for hydroxylation is 3. The number of carboxylic acid groups (broad SMARTS) is 1. The van der Waals surface area contributed by atoms with Gasteiger partial charge in [-0.2, -0.15) is 0 Å². The van der Waals surface area contributed by atoms with Gasteiger partial charge in [0.25, 0.3) is 0 Å². The molecule has 2 aliphatic rings. The van der Waals surface area contributed by atoms with E-state index in [2.05, 4.69) is 61.8 Å². The normalized spacial score (nSPS) is 17.8. The van der Waals surface area contributed by atoms with Crippen LogP contribution in [0.2, 0.25) is 5.02 Å². The number of fused-ring (bicyclic) bond motifs is 1. The molecule has 0 radical (unpaired) electrons. The maximum Gasteiger partial charge on any atom is 0.337 e. The first kappa shape index (κ1) is 32.5. The van der Waals surface area contributed by atoms with Crippen molar-refractivity contribution < 1.29 is 14.6 Å². The van der Waals surface area contributed by atoms with Gasteiger partial charge >= 0.3 is 5.97 Å². The second-order valence-electron chi connectivity index (χ2n) is 14.5. The lowest BCUT2D eigenvalue weighted by atomic mass is 9.82. The Morgan fingerprint density at radius 2 is 1.84 bits per heavy atom. The summed E-state index contributed by atoms with van der Waals surface area (Å²) in [5, 5.41) is 11.3. The van der Waals surface area contributed by atoms with Crippen molar-refractivity contribution in [2.45, 2.75) is 99.4 Å². The molecule has 1 saturated heterocycles. The second-order valence-corrected chi connectivity index (χ2v) is 14.9. The van der Waals surface area contributed by atoms with Gasteiger partial charge in [0.05, 0.1) is 11.3 Å². The lowest BCUT2D eigenvalue weighted by Crippen LogP contribution is -2.42. The average molecular weight is 618 g/mol. The molecule has 1 fully saturated rings. The molecule has 236 valence electrons. The SMILES string of the molecule is Cc1cccc(Cl)c1CN1CCc2cc(-c3c(C)nc(C)c([C@H](OC(C)(C)C)C(=O)O)c3N3CCCC(C)(C)C3)ccc2C1. The van der Waals surface area contributed by atoms with E-state index < -0.39 is 17.7 Å². The lowest BCUT2D eigenvalue weighted by Gasteiger charge is -2.42. The van der Waals surface area contributed by atoms with Crippen LogP contribution in [0.25, 0.3) is 11.1 Å². The van der Waals surface area contributed by atoms with E-state index in [4.69, 9.17) is 21.3 Å². The third-order valence-corrected chi connectivity index (χ3v) is 9.43. The molecule has 1 atom stereocenters. The largest absolute Gasteiger partial charge is 0.479 e. The van der Waals surface area contributed by atoms with Crippen LogP contribution in [0.1, 0.15) is 92.8 Å². The fourth-order valence-electron chi connectivity index (χ4n) is 7.03. The Hall–Kier alpha value is -2.93. The fraction of sp³-hybridized carbons (Fsp3) is 0.514. The lowest BCUT2D eigenvalue weighted by molar-refractivity contribution is -0.160. The van der Waals surface area contributed by atoms with Crippen LogP contribution in [0, 0.1) is 26.2 Å². The van der Waals surface area contributed by atoms with Gasteiger partial charge in [-0.3, -0.25) is 9.88 Å². The number of hydrogen-bond donors (Lipinski definition) is 1. The van der Waals surface area contributed by atoms with Gasteiger partial charge in [0.1, 0.15) is 0 Å². The Morgan fingerprint density at radius 1 is 1.09 bits per heavy atom. The summed E-state index contributed by atoms with van der Waals surface area (Å²) in [4.78, 5) is 22.7. The number of nitrogens with zero attached hydrogens (tertiary/aromatic N) is 3. The molecule has 2 aliphatic heterocycles. The van der Waals surface area contributed by atoms with Crippen molar-refractivity contribution in [2.24, 2.45) is 5.41 Å². The summed E-state index contributed by atoms with van der Waals surface area (Å²) in [7, 11) is 0. The highest BCUT2D eigenvalue weighted by Crippen LogP contribution is 2.45. The molecule has 0 unspecified atom stereocenters. The number of aliphatic carboxylic acids is 1. The summed E-state index contributed by atoms with van der Waals surface area (Å²) < 4.78 is 6.27. The molecule has 6 nitrogen and oxygen atoms in total. The highest BCUT2D eigenvalue weighted by Gasteiger charge is 2.37. The van der Waals surface area contributed by atoms with Crippen LogP contribution in [0.15, 0.2) is 36.4 Å². The van der Waals surface area contributed by atoms with Crippen LogP contribution >= 0.6 is 11.6 Å². The number of carboxylic acids is 1. The average Bonchev–Trinajstić information content (AvgIpc) is 2.92. The van der Waals surface area contributed by atoms with Gasteiger partial charge in [0.15, 0.2) is 6.10 Å². The number of piperidine rings is 1. The van der Waals surface area contributed by atoms with Crippen molar-refractivity contribution in [3.8, 4) is 11.1 Å². The van der Waals surface area contributed by atoms with E-state index in [1.807, 2.05) is 39.8 Å². The smallest absolute Gasteiger partial charge is 0.337 e. The van der Waals surface area contributed by atoms with Crippen molar-refractivity contribution in [3.63, 3.8) is 0 Å². The zero-order valence-corrected chi connectivity index (χ0v) is 28.4. The highest BCUT2D eigenvalue weighted by molar-refractivity contribution is 6.31. The van der Waals surface area contributed by atoms with Crippen molar-refractivity contribution >= 4 is 23.3 Å². The van der Waals surface area contributed by atoms with Gasteiger partial charge < -0.3 is 14.7 Å². The third kappa shape index (κ3) is 6.98. The zero-order valence-electron chi connectivity index (χ0n) is 27.7. The van der Waals surface area contributed by atoms with Gasteiger partial charge in [0, 0.05) is 60.3 Å². The van der Waals surface area contributed by atoms with E-state index >= 15 is 0 Å². The van der Waals surface area contributed by atoms with Crippen LogP contribution in [0.4, 0.5) is 5.69 Å². The first-order chi connectivity index (χ1) is 20.6. The topological polar surface area (TPSA) is 65.9 Å². The number of ether oxygens (including phenoxy) is 1. The van der Waals surface area contributed by atoms with Crippen molar-refractivity contribution in [1.29, 1.82) is 0 Å².